The molecule has 0 heterocycles. The Bertz CT molecular complexity index is 860. The minimum atomic E-state index is -0.703. The standard InChI is InChI=1S/C20H15FN2O2/c21-18-10-6-15(7-11-18)14-22-25-20(24)23-19-12-8-17(9-13-19)16-4-2-1-3-5-16/h1-14H,(H,23,24)/b22-14+. The van der Waals surface area contributed by atoms with Gasteiger partial charge in [0.1, 0.15) is 5.82 Å². The number of hydrogen-bond donors (Lipinski definition) is 1. The molecule has 0 saturated carbocycles. The Balaban J connectivity index is 1.55. The fraction of sp³-hybridized carbons (Fsp3) is 0. The lowest BCUT2D eigenvalue weighted by molar-refractivity contribution is 0.167. The zero-order chi connectivity index (χ0) is 17.5. The van der Waals surface area contributed by atoms with Crippen molar-refractivity contribution in [3.63, 3.8) is 0 Å². The molecule has 0 unspecified atom stereocenters. The first-order valence-corrected chi connectivity index (χ1v) is 7.63. The molecule has 3 rings (SSSR count). The summed E-state index contributed by atoms with van der Waals surface area (Å²) >= 11 is 0. The first-order valence-electron chi connectivity index (χ1n) is 7.63. The van der Waals surface area contributed by atoms with E-state index in [4.69, 9.17) is 4.84 Å². The van der Waals surface area contributed by atoms with Crippen molar-refractivity contribution in [1.82, 2.24) is 0 Å². The maximum atomic E-state index is 12.8. The number of nitrogens with one attached hydrogen (secondary N) is 1. The molecule has 1 amide bonds. The van der Waals surface area contributed by atoms with Gasteiger partial charge in [-0.15, -0.1) is 0 Å². The van der Waals surface area contributed by atoms with Crippen molar-refractivity contribution in [2.75, 3.05) is 5.32 Å². The van der Waals surface area contributed by atoms with Crippen LogP contribution in [0.3, 0.4) is 0 Å². The fourth-order valence-corrected chi connectivity index (χ4v) is 2.20. The molecule has 4 nitrogen and oxygen atoms in total. The van der Waals surface area contributed by atoms with Gasteiger partial charge in [0, 0.05) is 5.69 Å². The van der Waals surface area contributed by atoms with E-state index in [2.05, 4.69) is 10.5 Å². The average Bonchev–Trinajstić information content (AvgIpc) is 2.65. The van der Waals surface area contributed by atoms with Gasteiger partial charge in [0.2, 0.25) is 0 Å². The first kappa shape index (κ1) is 16.4. The minimum Gasteiger partial charge on any atom is -0.298 e. The molecule has 1 N–H and O–H groups in total. The Labute approximate surface area is 144 Å². The maximum Gasteiger partial charge on any atom is 0.437 e. The van der Waals surface area contributed by atoms with Crippen LogP contribution < -0.4 is 5.32 Å². The van der Waals surface area contributed by atoms with Crippen LogP contribution in [0.5, 0.6) is 0 Å². The van der Waals surface area contributed by atoms with Gasteiger partial charge in [-0.25, -0.2) is 9.18 Å². The van der Waals surface area contributed by atoms with Gasteiger partial charge < -0.3 is 0 Å². The topological polar surface area (TPSA) is 50.7 Å². The highest BCUT2D eigenvalue weighted by atomic mass is 19.1. The monoisotopic (exact) mass is 334 g/mol. The Morgan fingerprint density at radius 2 is 1.52 bits per heavy atom. The molecule has 0 aromatic heterocycles. The van der Waals surface area contributed by atoms with Crippen LogP contribution in [0.2, 0.25) is 0 Å². The Morgan fingerprint density at radius 1 is 0.880 bits per heavy atom. The number of benzene rings is 3. The summed E-state index contributed by atoms with van der Waals surface area (Å²) in [5.74, 6) is -0.338. The molecule has 0 saturated heterocycles. The predicted molar refractivity (Wildman–Crippen MR) is 96.0 cm³/mol. The van der Waals surface area contributed by atoms with E-state index in [0.717, 1.165) is 11.1 Å². The van der Waals surface area contributed by atoms with Crippen LogP contribution in [-0.2, 0) is 4.84 Å². The zero-order valence-electron chi connectivity index (χ0n) is 13.2. The highest BCUT2D eigenvalue weighted by Crippen LogP contribution is 2.21. The van der Waals surface area contributed by atoms with Crippen LogP contribution in [0.15, 0.2) is 84.0 Å². The largest absolute Gasteiger partial charge is 0.437 e. The van der Waals surface area contributed by atoms with Crippen molar-refractivity contribution < 1.29 is 14.0 Å². The number of oxime groups is 1. The second-order valence-electron chi connectivity index (χ2n) is 5.23. The van der Waals surface area contributed by atoms with Crippen LogP contribution in [0, 0.1) is 5.82 Å². The van der Waals surface area contributed by atoms with Crippen LogP contribution in [0.25, 0.3) is 11.1 Å². The third kappa shape index (κ3) is 4.75. The van der Waals surface area contributed by atoms with E-state index in [1.54, 1.807) is 12.1 Å². The van der Waals surface area contributed by atoms with Crippen LogP contribution in [0.1, 0.15) is 5.56 Å². The molecule has 25 heavy (non-hydrogen) atoms. The molecule has 0 radical (unpaired) electrons. The number of anilines is 1. The molecular formula is C20H15FN2O2. The molecule has 5 heteroatoms. The van der Waals surface area contributed by atoms with Gasteiger partial charge in [0.15, 0.2) is 0 Å². The smallest absolute Gasteiger partial charge is 0.298 e. The molecule has 0 atom stereocenters. The van der Waals surface area contributed by atoms with Crippen LogP contribution in [-0.4, -0.2) is 12.3 Å². The lowest BCUT2D eigenvalue weighted by Gasteiger charge is -2.05. The van der Waals surface area contributed by atoms with Gasteiger partial charge in [-0.2, -0.15) is 0 Å². The van der Waals surface area contributed by atoms with E-state index in [1.807, 2.05) is 42.5 Å². The Morgan fingerprint density at radius 3 is 2.20 bits per heavy atom. The highest BCUT2D eigenvalue weighted by Gasteiger charge is 2.03. The van der Waals surface area contributed by atoms with Gasteiger partial charge in [0.05, 0.1) is 6.21 Å². The molecule has 0 fully saturated rings. The third-order valence-electron chi connectivity index (χ3n) is 3.45. The Hall–Kier alpha value is -3.47. The van der Waals surface area contributed by atoms with Gasteiger partial charge in [-0.05, 0) is 41.0 Å². The van der Waals surface area contributed by atoms with Crippen molar-refractivity contribution in [3.8, 4) is 11.1 Å². The van der Waals surface area contributed by atoms with Crippen molar-refractivity contribution in [3.05, 3.63) is 90.2 Å². The second-order valence-corrected chi connectivity index (χ2v) is 5.23. The van der Waals surface area contributed by atoms with Gasteiger partial charge in [-0.1, -0.05) is 59.8 Å². The number of carbonyl (C=O) groups is 1. The number of amides is 1. The number of carbonyl (C=O) groups excluding carboxylic acids is 1. The highest BCUT2D eigenvalue weighted by molar-refractivity contribution is 5.86. The van der Waals surface area contributed by atoms with Gasteiger partial charge in [-0.3, -0.25) is 10.2 Å². The van der Waals surface area contributed by atoms with Gasteiger partial charge in [0.25, 0.3) is 0 Å². The van der Waals surface area contributed by atoms with Crippen molar-refractivity contribution in [1.29, 1.82) is 0 Å². The molecule has 124 valence electrons. The summed E-state index contributed by atoms with van der Waals surface area (Å²) in [6.45, 7) is 0. The molecule has 0 bridgehead atoms. The summed E-state index contributed by atoms with van der Waals surface area (Å²) in [6.07, 6.45) is 0.628. The molecule has 3 aromatic rings. The molecular weight excluding hydrogens is 319 g/mol. The van der Waals surface area contributed by atoms with E-state index in [0.29, 0.717) is 11.3 Å². The molecule has 3 aromatic carbocycles. The summed E-state index contributed by atoms with van der Waals surface area (Å²) in [7, 11) is 0. The van der Waals surface area contributed by atoms with E-state index >= 15 is 0 Å². The lowest BCUT2D eigenvalue weighted by atomic mass is 10.1. The van der Waals surface area contributed by atoms with Crippen molar-refractivity contribution in [2.45, 2.75) is 0 Å². The van der Waals surface area contributed by atoms with Crippen LogP contribution in [0.4, 0.5) is 14.9 Å². The van der Waals surface area contributed by atoms with Crippen molar-refractivity contribution >= 4 is 18.0 Å². The van der Waals surface area contributed by atoms with E-state index in [1.165, 1.54) is 30.5 Å². The first-order chi connectivity index (χ1) is 12.2. The number of nitrogens with zero attached hydrogens (tertiary/aromatic N) is 1. The third-order valence-corrected chi connectivity index (χ3v) is 3.45. The summed E-state index contributed by atoms with van der Waals surface area (Å²) in [4.78, 5) is 16.4. The minimum absolute atomic E-state index is 0.338. The van der Waals surface area contributed by atoms with Gasteiger partial charge >= 0.3 is 6.09 Å². The van der Waals surface area contributed by atoms with Crippen LogP contribution >= 0.6 is 0 Å². The lowest BCUT2D eigenvalue weighted by Crippen LogP contribution is -2.10. The number of rotatable bonds is 4. The summed E-state index contributed by atoms with van der Waals surface area (Å²) in [5.41, 5.74) is 3.37. The van der Waals surface area contributed by atoms with E-state index in [-0.39, 0.29) is 5.82 Å². The molecule has 0 spiro atoms. The quantitative estimate of drug-likeness (QED) is 0.411. The fourth-order valence-electron chi connectivity index (χ4n) is 2.20. The Kier molecular flexibility index (Phi) is 5.16. The molecule has 0 aliphatic carbocycles. The molecule has 0 aliphatic heterocycles. The second kappa shape index (κ2) is 7.88. The maximum absolute atomic E-state index is 12.8. The SMILES string of the molecule is O=C(Nc1ccc(-c2ccccc2)cc1)O/N=C/c1ccc(F)cc1. The van der Waals surface area contributed by atoms with Crippen molar-refractivity contribution in [2.24, 2.45) is 5.16 Å². The number of halogens is 1. The predicted octanol–water partition coefficient (Wildman–Crippen LogP) is 5.08. The van der Waals surface area contributed by atoms with E-state index in [9.17, 15) is 9.18 Å². The summed E-state index contributed by atoms with van der Waals surface area (Å²) < 4.78 is 12.8. The normalized spacial score (nSPS) is 10.6. The average molecular weight is 334 g/mol. The summed E-state index contributed by atoms with van der Waals surface area (Å²) in [6, 6.07) is 23.0. The number of hydrogen-bond acceptors (Lipinski definition) is 3. The summed E-state index contributed by atoms with van der Waals surface area (Å²) in [5, 5.41) is 6.15. The van der Waals surface area contributed by atoms with E-state index < -0.39 is 6.09 Å². The zero-order valence-corrected chi connectivity index (χ0v) is 13.2. The molecule has 0 aliphatic rings.